The van der Waals surface area contributed by atoms with Crippen LogP contribution in [-0.4, -0.2) is 50.6 Å². The molecule has 2 aromatic heterocycles. The summed E-state index contributed by atoms with van der Waals surface area (Å²) in [6, 6.07) is 9.92. The number of benzene rings is 1. The van der Waals surface area contributed by atoms with E-state index >= 15 is 0 Å². The number of nitrogens with zero attached hydrogens (tertiary/aromatic N) is 2. The van der Waals surface area contributed by atoms with E-state index in [1.807, 2.05) is 35.2 Å². The smallest absolute Gasteiger partial charge is 0.286 e. The highest BCUT2D eigenvalue weighted by molar-refractivity contribution is 8.00. The average molecular weight is 549 g/mol. The van der Waals surface area contributed by atoms with E-state index in [0.717, 1.165) is 11.0 Å². The molecule has 1 fully saturated rings. The van der Waals surface area contributed by atoms with Crippen LogP contribution in [0.2, 0.25) is 10.0 Å². The number of aromatic nitrogens is 2. The molecule has 1 saturated heterocycles. The molecule has 4 heterocycles. The van der Waals surface area contributed by atoms with Gasteiger partial charge in [0.15, 0.2) is 0 Å². The van der Waals surface area contributed by atoms with Crippen LogP contribution in [0.25, 0.3) is 11.0 Å². The first-order valence-electron chi connectivity index (χ1n) is 10.5. The number of nitrogens with one attached hydrogen (secondary N) is 2. The van der Waals surface area contributed by atoms with Crippen LogP contribution in [-0.2, 0) is 20.9 Å². The first kappa shape index (κ1) is 24.1. The Morgan fingerprint density at radius 2 is 2.11 bits per heavy atom. The number of aliphatic carboxylic acids is 1. The zero-order chi connectivity index (χ0) is 24.7. The quantitative estimate of drug-likeness (QED) is 0.265. The number of hydrogen-bond donors (Lipinski definition) is 2. The molecule has 2 aliphatic rings. The van der Waals surface area contributed by atoms with E-state index in [4.69, 9.17) is 23.2 Å². The molecule has 12 heteroatoms. The van der Waals surface area contributed by atoms with Crippen LogP contribution in [0.1, 0.15) is 0 Å². The zero-order valence-electron chi connectivity index (χ0n) is 18.0. The van der Waals surface area contributed by atoms with Crippen LogP contribution in [0, 0.1) is 0 Å². The van der Waals surface area contributed by atoms with E-state index in [2.05, 4.69) is 10.3 Å². The molecule has 5 rings (SSSR count). The van der Waals surface area contributed by atoms with Gasteiger partial charge in [0.05, 0.1) is 40.2 Å². The SMILES string of the molecule is O=C(CSc1cc(Cl)ccc1Cl)N[C@@H]1C(=O)N2C(C(=O)[O-])=C(C[n+]3cccc4cc[nH]c43)CS[C@H]12. The first-order chi connectivity index (χ1) is 16.8. The average Bonchev–Trinajstić information content (AvgIpc) is 3.32. The van der Waals surface area contributed by atoms with Crippen molar-refractivity contribution in [1.82, 2.24) is 15.2 Å². The van der Waals surface area contributed by atoms with E-state index in [-0.39, 0.29) is 17.4 Å². The van der Waals surface area contributed by atoms with Gasteiger partial charge >= 0.3 is 0 Å². The highest BCUT2D eigenvalue weighted by Gasteiger charge is 2.53. The molecule has 1 aromatic carbocycles. The van der Waals surface area contributed by atoms with Gasteiger partial charge in [0.2, 0.25) is 5.91 Å². The Balaban J connectivity index is 1.29. The van der Waals surface area contributed by atoms with Crippen molar-refractivity contribution in [2.45, 2.75) is 22.9 Å². The molecule has 0 aliphatic carbocycles. The molecule has 2 amide bonds. The molecular weight excluding hydrogens is 531 g/mol. The van der Waals surface area contributed by atoms with Crippen molar-refractivity contribution in [2.75, 3.05) is 11.5 Å². The fourth-order valence-electron chi connectivity index (χ4n) is 4.16. The molecular formula is C23H18Cl2N4O4S2. The Bertz CT molecular complexity index is 1390. The Hall–Kier alpha value is -2.66. The van der Waals surface area contributed by atoms with Gasteiger partial charge in [-0.1, -0.05) is 23.2 Å². The number of β-lactam (4-membered cyclic amide) rings is 1. The van der Waals surface area contributed by atoms with E-state index in [1.165, 1.54) is 28.4 Å². The molecule has 0 bridgehead atoms. The number of amides is 2. The number of H-pyrrole nitrogens is 1. The van der Waals surface area contributed by atoms with Gasteiger partial charge in [0, 0.05) is 21.2 Å². The van der Waals surface area contributed by atoms with Crippen molar-refractivity contribution >= 4 is 75.5 Å². The number of carboxylic acids is 1. The van der Waals surface area contributed by atoms with E-state index < -0.39 is 23.3 Å². The fraction of sp³-hybridized carbons (Fsp3) is 0.217. The Morgan fingerprint density at radius 1 is 1.29 bits per heavy atom. The van der Waals surface area contributed by atoms with Crippen molar-refractivity contribution in [1.29, 1.82) is 0 Å². The highest BCUT2D eigenvalue weighted by atomic mass is 35.5. The number of halogens is 2. The number of fused-ring (bicyclic) bond motifs is 2. The van der Waals surface area contributed by atoms with Crippen molar-refractivity contribution in [3.05, 3.63) is 70.1 Å². The number of carboxylic acid groups (broad SMARTS) is 1. The van der Waals surface area contributed by atoms with Gasteiger partial charge in [-0.2, -0.15) is 0 Å². The minimum Gasteiger partial charge on any atom is -0.543 e. The van der Waals surface area contributed by atoms with Gasteiger partial charge in [0.1, 0.15) is 18.0 Å². The van der Waals surface area contributed by atoms with Crippen molar-refractivity contribution in [3.8, 4) is 0 Å². The molecule has 8 nitrogen and oxygen atoms in total. The topological polar surface area (TPSA) is 109 Å². The molecule has 180 valence electrons. The molecule has 0 spiro atoms. The van der Waals surface area contributed by atoms with Crippen LogP contribution in [0.3, 0.4) is 0 Å². The lowest BCUT2D eigenvalue weighted by molar-refractivity contribution is -0.664. The van der Waals surface area contributed by atoms with Crippen molar-refractivity contribution in [3.63, 3.8) is 0 Å². The Labute approximate surface area is 218 Å². The van der Waals surface area contributed by atoms with Gasteiger partial charge in [-0.3, -0.25) is 14.5 Å². The van der Waals surface area contributed by atoms with Gasteiger partial charge in [-0.25, -0.2) is 9.55 Å². The lowest BCUT2D eigenvalue weighted by Crippen LogP contribution is -2.71. The van der Waals surface area contributed by atoms with E-state index in [0.29, 0.717) is 32.8 Å². The summed E-state index contributed by atoms with van der Waals surface area (Å²) in [6.07, 6.45) is 3.66. The normalized spacial score (nSPS) is 19.5. The van der Waals surface area contributed by atoms with Crippen LogP contribution in [0.15, 0.2) is 65.0 Å². The number of hydrogen-bond acceptors (Lipinski definition) is 6. The van der Waals surface area contributed by atoms with Crippen LogP contribution in [0.5, 0.6) is 0 Å². The largest absolute Gasteiger partial charge is 0.543 e. The number of carbonyl (C=O) groups is 3. The monoisotopic (exact) mass is 548 g/mol. The molecule has 2 atom stereocenters. The first-order valence-corrected chi connectivity index (χ1v) is 13.3. The fourth-order valence-corrected chi connectivity index (χ4v) is 6.80. The van der Waals surface area contributed by atoms with Gasteiger partial charge in [0.25, 0.3) is 11.6 Å². The van der Waals surface area contributed by atoms with Gasteiger partial charge in [-0.05, 0) is 36.4 Å². The number of pyridine rings is 1. The third-order valence-corrected chi connectivity index (χ3v) is 8.83. The third kappa shape index (κ3) is 4.63. The lowest BCUT2D eigenvalue weighted by Gasteiger charge is -2.50. The third-order valence-electron chi connectivity index (χ3n) is 5.76. The maximum atomic E-state index is 12.9. The Morgan fingerprint density at radius 3 is 2.91 bits per heavy atom. The second kappa shape index (κ2) is 9.77. The zero-order valence-corrected chi connectivity index (χ0v) is 21.1. The van der Waals surface area contributed by atoms with E-state index in [9.17, 15) is 19.5 Å². The molecule has 2 aliphatic heterocycles. The van der Waals surface area contributed by atoms with Crippen LogP contribution in [0.4, 0.5) is 0 Å². The number of thioether (sulfide) groups is 2. The molecule has 2 N–H and O–H groups in total. The standard InChI is InChI=1S/C23H18Cl2N4O4S2/c24-14-3-4-15(25)16(8-14)34-11-17(30)27-18-21(31)29-19(23(32)33)13(10-35-22(18)29)9-28-7-1-2-12-5-6-26-20(12)28/h1-8,18,22H,9-11H2,(H2,27,30,32,33)/t18-,22-/m1/s1. The number of aromatic amines is 1. The van der Waals surface area contributed by atoms with Crippen molar-refractivity contribution in [2.24, 2.45) is 0 Å². The van der Waals surface area contributed by atoms with E-state index in [1.54, 1.807) is 18.2 Å². The highest BCUT2D eigenvalue weighted by Crippen LogP contribution is 2.40. The molecule has 0 radical (unpaired) electrons. The predicted octanol–water partition coefficient (Wildman–Crippen LogP) is 1.96. The maximum absolute atomic E-state index is 12.9. The molecule has 0 unspecified atom stereocenters. The lowest BCUT2D eigenvalue weighted by atomic mass is 10.0. The summed E-state index contributed by atoms with van der Waals surface area (Å²) in [5.41, 5.74) is 1.30. The number of rotatable bonds is 7. The Kier molecular flexibility index (Phi) is 6.71. The van der Waals surface area contributed by atoms with Crippen LogP contribution < -0.4 is 15.0 Å². The van der Waals surface area contributed by atoms with Gasteiger partial charge in [-0.15, -0.1) is 23.5 Å². The number of carbonyl (C=O) groups excluding carboxylic acids is 3. The second-order valence-electron chi connectivity index (χ2n) is 7.98. The maximum Gasteiger partial charge on any atom is 0.286 e. The molecule has 0 saturated carbocycles. The molecule has 3 aromatic rings. The minimum atomic E-state index is -1.41. The summed E-state index contributed by atoms with van der Waals surface area (Å²) >= 11 is 14.7. The molecule has 35 heavy (non-hydrogen) atoms. The predicted molar refractivity (Wildman–Crippen MR) is 133 cm³/mol. The second-order valence-corrected chi connectivity index (χ2v) is 10.9. The summed E-state index contributed by atoms with van der Waals surface area (Å²) in [7, 11) is 0. The van der Waals surface area contributed by atoms with Gasteiger partial charge < -0.3 is 15.2 Å². The van der Waals surface area contributed by atoms with Crippen LogP contribution >= 0.6 is 46.7 Å². The summed E-state index contributed by atoms with van der Waals surface area (Å²) < 4.78 is 1.90. The van der Waals surface area contributed by atoms with Crippen molar-refractivity contribution < 1.29 is 24.1 Å². The summed E-state index contributed by atoms with van der Waals surface area (Å²) in [5, 5.41) is 16.2. The summed E-state index contributed by atoms with van der Waals surface area (Å²) in [4.78, 5) is 42.5. The minimum absolute atomic E-state index is 0.0342. The summed E-state index contributed by atoms with van der Waals surface area (Å²) in [6.45, 7) is 0.290. The summed E-state index contributed by atoms with van der Waals surface area (Å²) in [5.74, 6) is -1.81.